The largest absolute Gasteiger partial charge is 0.466 e. The molecule has 5 rings (SSSR count). The lowest BCUT2D eigenvalue weighted by Crippen LogP contribution is -2.51. The standard InChI is InChI=1S/C21H29F5O7S/c1-18(31-3-2-4-32-18)11-16(20(22,23)24)33-34(28,29)21(25,26)17(27)30-12-19-8-13-5-14(9-19)7-15(6-13)10-19/h13-16H,2-12H2,1H3. The number of rotatable bonds is 8. The highest BCUT2D eigenvalue weighted by Gasteiger charge is 2.61. The molecule has 0 aromatic heterocycles. The topological polar surface area (TPSA) is 88.1 Å². The second-order valence-corrected chi connectivity index (χ2v) is 12.1. The van der Waals surface area contributed by atoms with Gasteiger partial charge in [-0.05, 0) is 69.6 Å². The van der Waals surface area contributed by atoms with E-state index in [9.17, 15) is 35.2 Å². The van der Waals surface area contributed by atoms with Crippen LogP contribution in [-0.2, 0) is 33.3 Å². The van der Waals surface area contributed by atoms with Gasteiger partial charge in [-0.1, -0.05) is 0 Å². The van der Waals surface area contributed by atoms with Gasteiger partial charge in [0.25, 0.3) is 0 Å². The maximum absolute atomic E-state index is 14.6. The highest BCUT2D eigenvalue weighted by Crippen LogP contribution is 2.60. The quantitative estimate of drug-likeness (QED) is 0.270. The smallest absolute Gasteiger partial charge is 0.460 e. The molecule has 0 amide bonds. The fourth-order valence-corrected chi connectivity index (χ4v) is 7.29. The summed E-state index contributed by atoms with van der Waals surface area (Å²) in [4.78, 5) is 12.1. The van der Waals surface area contributed by atoms with Crippen molar-refractivity contribution in [2.24, 2.45) is 23.2 Å². The van der Waals surface area contributed by atoms with Crippen molar-refractivity contribution < 1.29 is 53.6 Å². The summed E-state index contributed by atoms with van der Waals surface area (Å²) in [6, 6.07) is 0. The molecule has 1 heterocycles. The van der Waals surface area contributed by atoms with Crippen molar-refractivity contribution in [2.75, 3.05) is 19.8 Å². The molecule has 196 valence electrons. The third kappa shape index (κ3) is 5.22. The van der Waals surface area contributed by atoms with Crippen molar-refractivity contribution in [3.63, 3.8) is 0 Å². The van der Waals surface area contributed by atoms with Crippen molar-refractivity contribution in [1.82, 2.24) is 0 Å². The van der Waals surface area contributed by atoms with Crippen LogP contribution in [0.2, 0.25) is 0 Å². The highest BCUT2D eigenvalue weighted by molar-refractivity contribution is 7.88. The summed E-state index contributed by atoms with van der Waals surface area (Å²) in [5.74, 6) is -3.04. The minimum absolute atomic E-state index is 0.0423. The predicted octanol–water partition coefficient (Wildman–Crippen LogP) is 4.16. The minimum Gasteiger partial charge on any atom is -0.460 e. The van der Waals surface area contributed by atoms with Gasteiger partial charge in [0.05, 0.1) is 19.8 Å². The van der Waals surface area contributed by atoms with Crippen LogP contribution >= 0.6 is 0 Å². The zero-order chi connectivity index (χ0) is 25.0. The Hall–Kier alpha value is -1.05. The molecule has 4 saturated carbocycles. The van der Waals surface area contributed by atoms with Crippen LogP contribution in [0.1, 0.15) is 58.3 Å². The summed E-state index contributed by atoms with van der Waals surface area (Å²) in [5.41, 5.74) is -0.482. The Morgan fingerprint density at radius 1 is 1.00 bits per heavy atom. The van der Waals surface area contributed by atoms with Crippen LogP contribution in [-0.4, -0.2) is 57.5 Å². The zero-order valence-electron chi connectivity index (χ0n) is 18.7. The first kappa shape index (κ1) is 26.0. The van der Waals surface area contributed by atoms with Crippen molar-refractivity contribution in [2.45, 2.75) is 81.6 Å². The van der Waals surface area contributed by atoms with Gasteiger partial charge in [-0.25, -0.2) is 4.79 Å². The van der Waals surface area contributed by atoms with Crippen LogP contribution < -0.4 is 0 Å². The van der Waals surface area contributed by atoms with E-state index in [1.54, 1.807) is 0 Å². The Bertz CT molecular complexity index is 847. The molecular formula is C21H29F5O7S. The molecule has 1 atom stereocenters. The fourth-order valence-electron chi connectivity index (χ4n) is 6.42. The SMILES string of the molecule is CC1(CC(OS(=O)(=O)C(F)(F)C(=O)OCC23CC4CC(CC(C4)C2)C3)C(F)(F)F)OCCCO1. The van der Waals surface area contributed by atoms with E-state index in [1.807, 2.05) is 0 Å². The predicted molar refractivity (Wildman–Crippen MR) is 106 cm³/mol. The molecule has 5 fully saturated rings. The molecule has 0 N–H and O–H groups in total. The van der Waals surface area contributed by atoms with Gasteiger partial charge in [0, 0.05) is 11.8 Å². The summed E-state index contributed by atoms with van der Waals surface area (Å²) in [6.07, 6.45) is -4.10. The van der Waals surface area contributed by atoms with E-state index in [0.717, 1.165) is 26.2 Å². The van der Waals surface area contributed by atoms with E-state index in [2.05, 4.69) is 4.18 Å². The van der Waals surface area contributed by atoms with Gasteiger partial charge in [-0.2, -0.15) is 30.4 Å². The van der Waals surface area contributed by atoms with Crippen LogP contribution in [0, 0.1) is 23.2 Å². The van der Waals surface area contributed by atoms with Gasteiger partial charge in [-0.15, -0.1) is 0 Å². The second kappa shape index (κ2) is 8.81. The molecule has 5 aliphatic rings. The summed E-state index contributed by atoms with van der Waals surface area (Å²) in [5, 5.41) is -5.31. The van der Waals surface area contributed by atoms with Gasteiger partial charge in [0.2, 0.25) is 0 Å². The van der Waals surface area contributed by atoms with Crippen molar-refractivity contribution in [1.29, 1.82) is 0 Å². The third-order valence-electron chi connectivity index (χ3n) is 7.49. The lowest BCUT2D eigenvalue weighted by Gasteiger charge is -2.56. The number of halogens is 5. The average molecular weight is 521 g/mol. The molecule has 1 aliphatic heterocycles. The zero-order valence-corrected chi connectivity index (χ0v) is 19.6. The van der Waals surface area contributed by atoms with Gasteiger partial charge >= 0.3 is 27.5 Å². The Labute approximate surface area is 194 Å². The van der Waals surface area contributed by atoms with Gasteiger partial charge < -0.3 is 14.2 Å². The summed E-state index contributed by atoms with van der Waals surface area (Å²) < 4.78 is 113. The highest BCUT2D eigenvalue weighted by atomic mass is 32.2. The molecule has 1 unspecified atom stereocenters. The van der Waals surface area contributed by atoms with Gasteiger partial charge in [0.1, 0.15) is 0 Å². The van der Waals surface area contributed by atoms with E-state index in [-0.39, 0.29) is 19.8 Å². The van der Waals surface area contributed by atoms with E-state index in [0.29, 0.717) is 43.4 Å². The van der Waals surface area contributed by atoms with Gasteiger partial charge in [0.15, 0.2) is 11.9 Å². The molecule has 13 heteroatoms. The number of ether oxygens (including phenoxy) is 3. The lowest BCUT2D eigenvalue weighted by molar-refractivity contribution is -0.288. The monoisotopic (exact) mass is 520 g/mol. The number of esters is 1. The Morgan fingerprint density at radius 3 is 1.97 bits per heavy atom. The molecule has 4 bridgehead atoms. The van der Waals surface area contributed by atoms with E-state index >= 15 is 0 Å². The molecule has 0 aromatic rings. The molecule has 34 heavy (non-hydrogen) atoms. The molecule has 0 radical (unpaired) electrons. The van der Waals surface area contributed by atoms with Crippen molar-refractivity contribution in [3.05, 3.63) is 0 Å². The van der Waals surface area contributed by atoms with E-state index in [4.69, 9.17) is 14.2 Å². The van der Waals surface area contributed by atoms with E-state index in [1.165, 1.54) is 0 Å². The summed E-state index contributed by atoms with van der Waals surface area (Å²) in [7, 11) is -6.34. The van der Waals surface area contributed by atoms with Crippen LogP contribution in [0.25, 0.3) is 0 Å². The van der Waals surface area contributed by atoms with Crippen molar-refractivity contribution in [3.8, 4) is 0 Å². The Balaban J connectivity index is 1.42. The molecule has 4 aliphatic carbocycles. The van der Waals surface area contributed by atoms with Crippen LogP contribution in [0.15, 0.2) is 0 Å². The molecule has 7 nitrogen and oxygen atoms in total. The molecular weight excluding hydrogens is 491 g/mol. The summed E-state index contributed by atoms with van der Waals surface area (Å²) in [6.45, 7) is 0.822. The molecule has 0 aromatic carbocycles. The Morgan fingerprint density at radius 2 is 1.50 bits per heavy atom. The lowest BCUT2D eigenvalue weighted by atomic mass is 9.50. The minimum atomic E-state index is -6.34. The number of carbonyl (C=O) groups is 1. The van der Waals surface area contributed by atoms with Gasteiger partial charge in [-0.3, -0.25) is 4.18 Å². The first-order valence-electron chi connectivity index (χ1n) is 11.5. The number of alkyl halides is 5. The molecule has 1 saturated heterocycles. The third-order valence-corrected chi connectivity index (χ3v) is 8.77. The fraction of sp³-hybridized carbons (Fsp3) is 0.952. The maximum Gasteiger partial charge on any atom is 0.466 e. The van der Waals surface area contributed by atoms with E-state index < -0.39 is 51.2 Å². The number of hydrogen-bond acceptors (Lipinski definition) is 7. The average Bonchev–Trinajstić information content (AvgIpc) is 2.70. The van der Waals surface area contributed by atoms with Crippen LogP contribution in [0.3, 0.4) is 0 Å². The second-order valence-electron chi connectivity index (χ2n) is 10.5. The summed E-state index contributed by atoms with van der Waals surface area (Å²) >= 11 is 0. The first-order valence-corrected chi connectivity index (χ1v) is 12.9. The maximum atomic E-state index is 14.6. The molecule has 0 spiro atoms. The van der Waals surface area contributed by atoms with Crippen LogP contribution in [0.5, 0.6) is 0 Å². The van der Waals surface area contributed by atoms with Crippen LogP contribution in [0.4, 0.5) is 22.0 Å². The Kier molecular flexibility index (Phi) is 6.74. The number of hydrogen-bond donors (Lipinski definition) is 0. The number of carbonyl (C=O) groups excluding carboxylic acids is 1. The first-order chi connectivity index (χ1) is 15.6. The van der Waals surface area contributed by atoms with Crippen molar-refractivity contribution >= 4 is 16.1 Å². The normalized spacial score (nSPS) is 34.1.